The Morgan fingerprint density at radius 3 is 1.20 bits per heavy atom. The van der Waals surface area contributed by atoms with Crippen molar-refractivity contribution in [3.8, 4) is 66.8 Å². The summed E-state index contributed by atoms with van der Waals surface area (Å²) >= 11 is 0. The Labute approximate surface area is 353 Å². The van der Waals surface area contributed by atoms with Gasteiger partial charge in [-0.3, -0.25) is 0 Å². The van der Waals surface area contributed by atoms with Gasteiger partial charge in [0.2, 0.25) is 0 Å². The molecule has 0 aliphatic rings. The third kappa shape index (κ3) is 6.77. The van der Waals surface area contributed by atoms with Crippen molar-refractivity contribution in [2.45, 2.75) is 6.92 Å². The molecule has 0 heterocycles. The third-order valence-electron chi connectivity index (χ3n) is 11.5. The summed E-state index contributed by atoms with van der Waals surface area (Å²) in [5.74, 6) is 0. The summed E-state index contributed by atoms with van der Waals surface area (Å²) in [6, 6.07) is 88.1. The van der Waals surface area contributed by atoms with Gasteiger partial charge in [-0.25, -0.2) is 0 Å². The molecule has 0 aliphatic heterocycles. The molecule has 0 atom stereocenters. The SMILES string of the molecule is Cc1ccc(N(c2ccccc2)c2ccccc2-c2ccccc2-c2cccc3c(-c4ccccc4)c(-c4ccccc4)c(-c4ccccc4)c(-c4ccccc4)c23)cc1. The summed E-state index contributed by atoms with van der Waals surface area (Å²) in [6.07, 6.45) is 0. The number of benzene rings is 10. The number of hydrogen-bond acceptors (Lipinski definition) is 1. The summed E-state index contributed by atoms with van der Waals surface area (Å²) < 4.78 is 0. The Kier molecular flexibility index (Phi) is 9.91. The molecule has 0 saturated heterocycles. The van der Waals surface area contributed by atoms with Crippen LogP contribution < -0.4 is 4.90 Å². The first kappa shape index (κ1) is 36.6. The van der Waals surface area contributed by atoms with Crippen LogP contribution in [-0.2, 0) is 0 Å². The van der Waals surface area contributed by atoms with Gasteiger partial charge < -0.3 is 4.90 Å². The molecule has 0 aliphatic carbocycles. The highest BCUT2D eigenvalue weighted by Gasteiger charge is 2.27. The lowest BCUT2D eigenvalue weighted by Crippen LogP contribution is -2.11. The van der Waals surface area contributed by atoms with Crippen molar-refractivity contribution in [1.29, 1.82) is 0 Å². The quantitative estimate of drug-likeness (QED) is 0.141. The summed E-state index contributed by atoms with van der Waals surface area (Å²) in [4.78, 5) is 2.39. The zero-order valence-corrected chi connectivity index (χ0v) is 33.5. The highest BCUT2D eigenvalue weighted by atomic mass is 15.1. The molecule has 0 aromatic heterocycles. The number of nitrogens with zero attached hydrogens (tertiary/aromatic N) is 1. The van der Waals surface area contributed by atoms with Crippen LogP contribution in [0, 0.1) is 6.92 Å². The summed E-state index contributed by atoms with van der Waals surface area (Å²) in [6.45, 7) is 2.14. The van der Waals surface area contributed by atoms with Crippen molar-refractivity contribution in [1.82, 2.24) is 0 Å². The molecule has 0 amide bonds. The van der Waals surface area contributed by atoms with Crippen LogP contribution in [0.2, 0.25) is 0 Å². The lowest BCUT2D eigenvalue weighted by Gasteiger charge is -2.29. The molecule has 10 aromatic carbocycles. The largest absolute Gasteiger partial charge is 0.310 e. The van der Waals surface area contributed by atoms with Gasteiger partial charge in [0.25, 0.3) is 0 Å². The number of para-hydroxylation sites is 2. The second kappa shape index (κ2) is 16.3. The van der Waals surface area contributed by atoms with E-state index in [-0.39, 0.29) is 0 Å². The smallest absolute Gasteiger partial charge is 0.0540 e. The van der Waals surface area contributed by atoms with Gasteiger partial charge in [0.1, 0.15) is 0 Å². The Balaban J connectivity index is 1.34. The Morgan fingerprint density at radius 2 is 0.650 bits per heavy atom. The second-order valence-electron chi connectivity index (χ2n) is 15.3. The molecule has 10 rings (SSSR count). The van der Waals surface area contributed by atoms with E-state index in [1.165, 1.54) is 77.5 Å². The van der Waals surface area contributed by atoms with Crippen LogP contribution in [0.5, 0.6) is 0 Å². The first-order chi connectivity index (χ1) is 29.7. The lowest BCUT2D eigenvalue weighted by atomic mass is 9.77. The first-order valence-electron chi connectivity index (χ1n) is 20.7. The Bertz CT molecular complexity index is 3050. The number of hydrogen-bond donors (Lipinski definition) is 0. The van der Waals surface area contributed by atoms with Gasteiger partial charge in [-0.2, -0.15) is 0 Å². The van der Waals surface area contributed by atoms with Crippen molar-refractivity contribution >= 4 is 27.8 Å². The predicted molar refractivity (Wildman–Crippen MR) is 256 cm³/mol. The fraction of sp³-hybridized carbons (Fsp3) is 0.0169. The Hall–Kier alpha value is -7.74. The molecule has 0 bridgehead atoms. The number of anilines is 3. The van der Waals surface area contributed by atoms with E-state index in [2.05, 4.69) is 254 Å². The molecule has 0 N–H and O–H groups in total. The predicted octanol–water partition coefficient (Wildman–Crippen LogP) is 16.6. The maximum Gasteiger partial charge on any atom is 0.0540 e. The average Bonchev–Trinajstić information content (AvgIpc) is 3.33. The summed E-state index contributed by atoms with van der Waals surface area (Å²) in [7, 11) is 0. The van der Waals surface area contributed by atoms with E-state index < -0.39 is 0 Å². The molecule has 60 heavy (non-hydrogen) atoms. The zero-order valence-electron chi connectivity index (χ0n) is 33.5. The molecule has 284 valence electrons. The van der Waals surface area contributed by atoms with Gasteiger partial charge in [0.05, 0.1) is 5.69 Å². The van der Waals surface area contributed by atoms with E-state index in [0.717, 1.165) is 22.6 Å². The third-order valence-corrected chi connectivity index (χ3v) is 11.5. The van der Waals surface area contributed by atoms with Crippen molar-refractivity contribution in [2.24, 2.45) is 0 Å². The number of aryl methyl sites for hydroxylation is 1. The van der Waals surface area contributed by atoms with Crippen LogP contribution in [0.1, 0.15) is 5.56 Å². The highest BCUT2D eigenvalue weighted by molar-refractivity contribution is 6.22. The van der Waals surface area contributed by atoms with Crippen molar-refractivity contribution in [3.05, 3.63) is 248 Å². The van der Waals surface area contributed by atoms with E-state index in [1.54, 1.807) is 0 Å². The summed E-state index contributed by atoms with van der Waals surface area (Å²) in [5, 5.41) is 2.44. The first-order valence-corrected chi connectivity index (χ1v) is 20.7. The maximum atomic E-state index is 2.39. The van der Waals surface area contributed by atoms with Gasteiger partial charge in [-0.05, 0) is 109 Å². The van der Waals surface area contributed by atoms with E-state index in [9.17, 15) is 0 Å². The molecule has 0 spiro atoms. The van der Waals surface area contributed by atoms with Gasteiger partial charge in [0.15, 0.2) is 0 Å². The molecule has 0 saturated carbocycles. The minimum atomic E-state index is 1.11. The minimum absolute atomic E-state index is 1.11. The molecule has 0 unspecified atom stereocenters. The normalized spacial score (nSPS) is 11.1. The fourth-order valence-corrected chi connectivity index (χ4v) is 8.90. The molecule has 1 nitrogen and oxygen atoms in total. The van der Waals surface area contributed by atoms with E-state index in [0.29, 0.717) is 0 Å². The van der Waals surface area contributed by atoms with Crippen LogP contribution in [0.25, 0.3) is 77.5 Å². The Morgan fingerprint density at radius 1 is 0.267 bits per heavy atom. The molecular formula is C59H43N. The van der Waals surface area contributed by atoms with Gasteiger partial charge in [0, 0.05) is 16.9 Å². The second-order valence-corrected chi connectivity index (χ2v) is 15.3. The lowest BCUT2D eigenvalue weighted by molar-refractivity contribution is 1.27. The van der Waals surface area contributed by atoms with Crippen molar-refractivity contribution in [3.63, 3.8) is 0 Å². The van der Waals surface area contributed by atoms with Crippen molar-refractivity contribution < 1.29 is 0 Å². The van der Waals surface area contributed by atoms with E-state index in [1.807, 2.05) is 0 Å². The van der Waals surface area contributed by atoms with Crippen LogP contribution in [0.3, 0.4) is 0 Å². The van der Waals surface area contributed by atoms with E-state index in [4.69, 9.17) is 0 Å². The monoisotopic (exact) mass is 765 g/mol. The number of rotatable bonds is 9. The molecule has 1 heteroatoms. The fourth-order valence-electron chi connectivity index (χ4n) is 8.90. The zero-order chi connectivity index (χ0) is 40.3. The summed E-state index contributed by atoms with van der Waals surface area (Å²) in [5.41, 5.74) is 18.9. The highest BCUT2D eigenvalue weighted by Crippen LogP contribution is 2.54. The van der Waals surface area contributed by atoms with Crippen LogP contribution in [-0.4, -0.2) is 0 Å². The maximum absolute atomic E-state index is 2.39. The molecule has 0 radical (unpaired) electrons. The van der Waals surface area contributed by atoms with E-state index >= 15 is 0 Å². The molecule has 10 aromatic rings. The topological polar surface area (TPSA) is 3.24 Å². The minimum Gasteiger partial charge on any atom is -0.310 e. The van der Waals surface area contributed by atoms with Gasteiger partial charge in [-0.15, -0.1) is 0 Å². The van der Waals surface area contributed by atoms with Crippen molar-refractivity contribution in [2.75, 3.05) is 4.90 Å². The number of fused-ring (bicyclic) bond motifs is 1. The standard InChI is InChI=1S/C59H43N/c1-42-38-40-48(41-39-42)60(47-30-15-6-16-31-47)54-37-20-19-34-51(54)49-32-17-18-33-50(49)52-35-21-36-53-55(43-22-7-2-8-23-43)56(44-24-9-3-10-25-44)57(45-26-11-4-12-27-45)58(59(52)53)46-28-13-5-14-29-46/h2-41H,1H3. The van der Waals surface area contributed by atoms with Gasteiger partial charge >= 0.3 is 0 Å². The van der Waals surface area contributed by atoms with Gasteiger partial charge in [-0.1, -0.05) is 218 Å². The van der Waals surface area contributed by atoms with Crippen LogP contribution in [0.15, 0.2) is 243 Å². The van der Waals surface area contributed by atoms with Crippen LogP contribution >= 0.6 is 0 Å². The molecular weight excluding hydrogens is 723 g/mol. The van der Waals surface area contributed by atoms with Crippen LogP contribution in [0.4, 0.5) is 17.1 Å². The average molecular weight is 766 g/mol. The molecule has 0 fully saturated rings.